The second-order valence-electron chi connectivity index (χ2n) is 6.86. The van der Waals surface area contributed by atoms with Gasteiger partial charge < -0.3 is 15.1 Å². The highest BCUT2D eigenvalue weighted by molar-refractivity contribution is 5.93. The number of benzene rings is 1. The maximum absolute atomic E-state index is 13.1. The predicted molar refractivity (Wildman–Crippen MR) is 110 cm³/mol. The second kappa shape index (κ2) is 8.68. The molecule has 1 aliphatic heterocycles. The molecule has 148 valence electrons. The Morgan fingerprint density at radius 3 is 2.48 bits per heavy atom. The first-order valence-corrected chi connectivity index (χ1v) is 9.59. The summed E-state index contributed by atoms with van der Waals surface area (Å²) in [6, 6.07) is 15.8. The number of carbonyl (C=O) groups is 1. The van der Waals surface area contributed by atoms with Gasteiger partial charge in [-0.15, -0.1) is 0 Å². The van der Waals surface area contributed by atoms with Crippen molar-refractivity contribution >= 4 is 17.3 Å². The van der Waals surface area contributed by atoms with Gasteiger partial charge in [-0.2, -0.15) is 0 Å². The molecule has 1 aliphatic rings. The Bertz CT molecular complexity index is 956. The van der Waals surface area contributed by atoms with Crippen LogP contribution in [0.2, 0.25) is 0 Å². The molecule has 7 heteroatoms. The zero-order valence-electron chi connectivity index (χ0n) is 16.0. The van der Waals surface area contributed by atoms with E-state index >= 15 is 0 Å². The van der Waals surface area contributed by atoms with Gasteiger partial charge in [-0.1, -0.05) is 6.07 Å². The lowest BCUT2D eigenvalue weighted by Crippen LogP contribution is -2.49. The summed E-state index contributed by atoms with van der Waals surface area (Å²) >= 11 is 0. The van der Waals surface area contributed by atoms with Crippen LogP contribution in [0.3, 0.4) is 0 Å². The van der Waals surface area contributed by atoms with Crippen LogP contribution in [0.1, 0.15) is 16.2 Å². The quantitative estimate of drug-likeness (QED) is 0.724. The van der Waals surface area contributed by atoms with Gasteiger partial charge in [0.25, 0.3) is 5.91 Å². The van der Waals surface area contributed by atoms with Crippen LogP contribution >= 0.6 is 0 Å². The van der Waals surface area contributed by atoms with Crippen LogP contribution in [-0.4, -0.2) is 47.0 Å². The topological polar surface area (TPSA) is 61.4 Å². The maximum Gasteiger partial charge on any atom is 0.272 e. The summed E-state index contributed by atoms with van der Waals surface area (Å²) < 4.78 is 13.1. The van der Waals surface area contributed by atoms with E-state index in [0.717, 1.165) is 17.1 Å². The summed E-state index contributed by atoms with van der Waals surface area (Å²) in [5.41, 5.74) is 3.15. The van der Waals surface area contributed by atoms with Crippen LogP contribution in [0.25, 0.3) is 0 Å². The number of nitrogens with zero attached hydrogens (tertiary/aromatic N) is 4. The average molecular weight is 391 g/mol. The number of hydrogen-bond acceptors (Lipinski definition) is 5. The molecule has 1 amide bonds. The Balaban J connectivity index is 1.35. The number of carbonyl (C=O) groups excluding carboxylic acids is 1. The smallest absolute Gasteiger partial charge is 0.272 e. The number of halogens is 1. The Labute approximate surface area is 169 Å². The van der Waals surface area contributed by atoms with Gasteiger partial charge in [0.2, 0.25) is 0 Å². The van der Waals surface area contributed by atoms with Crippen molar-refractivity contribution in [1.82, 2.24) is 14.9 Å². The van der Waals surface area contributed by atoms with Crippen molar-refractivity contribution in [2.45, 2.75) is 6.54 Å². The van der Waals surface area contributed by atoms with Crippen molar-refractivity contribution in [3.8, 4) is 0 Å². The summed E-state index contributed by atoms with van der Waals surface area (Å²) in [5.74, 6) is -0.324. The second-order valence-corrected chi connectivity index (χ2v) is 6.86. The lowest BCUT2D eigenvalue weighted by atomic mass is 10.2. The largest absolute Gasteiger partial charge is 0.379 e. The summed E-state index contributed by atoms with van der Waals surface area (Å²) in [7, 11) is 0. The molecule has 0 saturated carbocycles. The van der Waals surface area contributed by atoms with Crippen molar-refractivity contribution in [3.05, 3.63) is 84.2 Å². The molecule has 29 heavy (non-hydrogen) atoms. The van der Waals surface area contributed by atoms with E-state index in [9.17, 15) is 9.18 Å². The van der Waals surface area contributed by atoms with Crippen LogP contribution in [-0.2, 0) is 6.54 Å². The van der Waals surface area contributed by atoms with Gasteiger partial charge in [0.05, 0.1) is 12.2 Å². The fraction of sp³-hybridized carbons (Fsp3) is 0.227. The highest BCUT2D eigenvalue weighted by Gasteiger charge is 2.23. The number of pyridine rings is 2. The maximum atomic E-state index is 13.1. The van der Waals surface area contributed by atoms with E-state index in [1.807, 2.05) is 29.2 Å². The van der Waals surface area contributed by atoms with E-state index in [1.165, 1.54) is 12.1 Å². The molecule has 2 aromatic heterocycles. The van der Waals surface area contributed by atoms with Gasteiger partial charge in [-0.3, -0.25) is 14.8 Å². The van der Waals surface area contributed by atoms with Crippen LogP contribution in [0, 0.1) is 5.82 Å². The van der Waals surface area contributed by atoms with E-state index in [-0.39, 0.29) is 11.7 Å². The molecule has 0 aliphatic carbocycles. The molecule has 0 spiro atoms. The number of rotatable bonds is 5. The molecule has 3 aromatic rings. The zero-order chi connectivity index (χ0) is 20.1. The molecule has 0 bridgehead atoms. The fourth-order valence-electron chi connectivity index (χ4n) is 3.33. The predicted octanol–water partition coefficient (Wildman–Crippen LogP) is 3.19. The molecule has 1 aromatic carbocycles. The molecule has 0 unspecified atom stereocenters. The first kappa shape index (κ1) is 18.9. The minimum Gasteiger partial charge on any atom is -0.379 e. The molecule has 0 radical (unpaired) electrons. The molecule has 3 heterocycles. The zero-order valence-corrected chi connectivity index (χ0v) is 16.0. The summed E-state index contributed by atoms with van der Waals surface area (Å²) in [5, 5.41) is 3.28. The normalized spacial score (nSPS) is 14.0. The number of hydrogen-bond donors (Lipinski definition) is 1. The van der Waals surface area contributed by atoms with E-state index in [0.29, 0.717) is 38.4 Å². The molecule has 6 nitrogen and oxygen atoms in total. The Morgan fingerprint density at radius 2 is 1.76 bits per heavy atom. The van der Waals surface area contributed by atoms with Crippen molar-refractivity contribution in [3.63, 3.8) is 0 Å². The summed E-state index contributed by atoms with van der Waals surface area (Å²) in [6.45, 7) is 3.19. The first-order chi connectivity index (χ1) is 14.2. The van der Waals surface area contributed by atoms with E-state index < -0.39 is 0 Å². The average Bonchev–Trinajstić information content (AvgIpc) is 2.79. The van der Waals surface area contributed by atoms with Gasteiger partial charge in [0, 0.05) is 49.9 Å². The van der Waals surface area contributed by atoms with Gasteiger partial charge >= 0.3 is 0 Å². The summed E-state index contributed by atoms with van der Waals surface area (Å²) in [6.07, 6.45) is 3.40. The van der Waals surface area contributed by atoms with Crippen molar-refractivity contribution in [2.24, 2.45) is 0 Å². The Morgan fingerprint density at radius 1 is 0.966 bits per heavy atom. The first-order valence-electron chi connectivity index (χ1n) is 9.59. The lowest BCUT2D eigenvalue weighted by molar-refractivity contribution is 0.0741. The Kier molecular flexibility index (Phi) is 5.65. The van der Waals surface area contributed by atoms with Crippen molar-refractivity contribution in [2.75, 3.05) is 36.4 Å². The number of nitrogens with one attached hydrogen (secondary N) is 1. The lowest BCUT2D eigenvalue weighted by Gasteiger charge is -2.36. The monoisotopic (exact) mass is 391 g/mol. The van der Waals surface area contributed by atoms with Crippen molar-refractivity contribution in [1.29, 1.82) is 0 Å². The number of anilines is 2. The standard InChI is InChI=1S/C22H22FN5O/c23-17-4-6-20(7-5-17)27-11-13-28(14-12-27)22(29)21-15-18(8-10-25-21)26-16-19-3-1-2-9-24-19/h1-10,15H,11-14,16H2,(H,25,26). The highest BCUT2D eigenvalue weighted by Crippen LogP contribution is 2.18. The van der Waals surface area contributed by atoms with E-state index in [2.05, 4.69) is 20.2 Å². The summed E-state index contributed by atoms with van der Waals surface area (Å²) in [4.78, 5) is 25.4. The van der Waals surface area contributed by atoms with Crippen LogP contribution in [0.4, 0.5) is 15.8 Å². The molecular formula is C22H22FN5O. The van der Waals surface area contributed by atoms with Gasteiger partial charge in [-0.25, -0.2) is 4.39 Å². The molecule has 0 atom stereocenters. The number of piperazine rings is 1. The molecular weight excluding hydrogens is 369 g/mol. The van der Waals surface area contributed by atoms with Gasteiger partial charge in [-0.05, 0) is 48.5 Å². The molecule has 1 N–H and O–H groups in total. The van der Waals surface area contributed by atoms with Crippen LogP contribution < -0.4 is 10.2 Å². The van der Waals surface area contributed by atoms with Crippen molar-refractivity contribution < 1.29 is 9.18 Å². The highest BCUT2D eigenvalue weighted by atomic mass is 19.1. The third-order valence-corrected chi connectivity index (χ3v) is 4.94. The minimum absolute atomic E-state index is 0.0785. The molecule has 1 saturated heterocycles. The SMILES string of the molecule is O=C(c1cc(NCc2ccccn2)ccn1)N1CCN(c2ccc(F)cc2)CC1. The molecule has 1 fully saturated rings. The van der Waals surface area contributed by atoms with Crippen LogP contribution in [0.15, 0.2) is 67.0 Å². The third kappa shape index (κ3) is 4.68. The molecule has 4 rings (SSSR count). The minimum atomic E-state index is -0.245. The fourth-order valence-corrected chi connectivity index (χ4v) is 3.33. The number of aromatic nitrogens is 2. The van der Waals surface area contributed by atoms with E-state index in [1.54, 1.807) is 30.6 Å². The van der Waals surface area contributed by atoms with Gasteiger partial charge in [0.1, 0.15) is 11.5 Å². The van der Waals surface area contributed by atoms with E-state index in [4.69, 9.17) is 0 Å². The van der Waals surface area contributed by atoms with Crippen LogP contribution in [0.5, 0.6) is 0 Å². The Hall–Kier alpha value is -3.48. The number of amides is 1. The van der Waals surface area contributed by atoms with Gasteiger partial charge in [0.15, 0.2) is 0 Å². The third-order valence-electron chi connectivity index (χ3n) is 4.94.